The van der Waals surface area contributed by atoms with Gasteiger partial charge in [0.05, 0.1) is 0 Å². The molecule has 2 aliphatic rings. The van der Waals surface area contributed by atoms with E-state index in [1.807, 2.05) is 0 Å². The summed E-state index contributed by atoms with van der Waals surface area (Å²) < 4.78 is 18.9. The summed E-state index contributed by atoms with van der Waals surface area (Å²) >= 11 is 0. The number of rotatable bonds is 2. The summed E-state index contributed by atoms with van der Waals surface area (Å²) in [7, 11) is 0. The maximum absolute atomic E-state index is 13.1. The predicted octanol–water partition coefficient (Wildman–Crippen LogP) is 2.57. The molecule has 0 radical (unpaired) electrons. The number of ether oxygens (including phenoxy) is 1. The molecule has 0 bridgehead atoms. The van der Waals surface area contributed by atoms with Crippen molar-refractivity contribution in [3.8, 4) is 5.75 Å². The molecule has 2 N–H and O–H groups in total. The van der Waals surface area contributed by atoms with Gasteiger partial charge in [0, 0.05) is 24.4 Å². The number of nitrogens with two attached hydrogens (primary N) is 1. The first-order valence-electron chi connectivity index (χ1n) is 6.11. The molecule has 1 aromatic rings. The quantitative estimate of drug-likeness (QED) is 0.797. The van der Waals surface area contributed by atoms with E-state index in [0.29, 0.717) is 0 Å². The van der Waals surface area contributed by atoms with Gasteiger partial charge >= 0.3 is 0 Å². The Kier molecular flexibility index (Phi) is 2.63. The fourth-order valence-electron chi connectivity index (χ4n) is 2.69. The molecule has 17 heavy (non-hydrogen) atoms. The zero-order valence-corrected chi connectivity index (χ0v) is 9.66. The molecule has 1 aliphatic carbocycles. The average Bonchev–Trinajstić information content (AvgIpc) is 2.84. The lowest BCUT2D eigenvalue weighted by Crippen LogP contribution is -2.13. The highest BCUT2D eigenvalue weighted by Gasteiger charge is 2.25. The Bertz CT molecular complexity index is 469. The summed E-state index contributed by atoms with van der Waals surface area (Å²) in [5.41, 5.74) is 8.21. The van der Waals surface area contributed by atoms with Crippen molar-refractivity contribution in [2.45, 2.75) is 37.8 Å². The van der Waals surface area contributed by atoms with Crippen LogP contribution in [-0.4, -0.2) is 12.1 Å². The Balaban J connectivity index is 1.68. The molecular weight excluding hydrogens is 217 g/mol. The first kappa shape index (κ1) is 10.8. The van der Waals surface area contributed by atoms with E-state index in [0.717, 1.165) is 37.0 Å². The normalized spacial score (nSPS) is 26.6. The van der Waals surface area contributed by atoms with Gasteiger partial charge in [0.1, 0.15) is 17.7 Å². The van der Waals surface area contributed by atoms with Crippen LogP contribution < -0.4 is 10.5 Å². The van der Waals surface area contributed by atoms with Gasteiger partial charge in [-0.05, 0) is 31.0 Å². The summed E-state index contributed by atoms with van der Waals surface area (Å²) in [6.45, 7) is 0. The minimum Gasteiger partial charge on any atom is -0.489 e. The summed E-state index contributed by atoms with van der Waals surface area (Å²) in [5.74, 6) is 0.648. The minimum atomic E-state index is -0.185. The highest BCUT2D eigenvalue weighted by Crippen LogP contribution is 2.33. The molecule has 3 heteroatoms. The summed E-state index contributed by atoms with van der Waals surface area (Å²) in [4.78, 5) is 0. The average molecular weight is 233 g/mol. The van der Waals surface area contributed by atoms with Gasteiger partial charge in [-0.3, -0.25) is 0 Å². The molecule has 2 nitrogen and oxygen atoms in total. The molecule has 0 fully saturated rings. The standard InChI is InChI=1S/C14H16FNO/c15-11-2-4-14-10(7-11)8-13(17-14)6-9-1-3-12(16)5-9/h2,4-5,7,12-13H,1,3,6,8,16H2. The van der Waals surface area contributed by atoms with E-state index < -0.39 is 0 Å². The molecule has 0 amide bonds. The Labute approximate surface area is 100 Å². The van der Waals surface area contributed by atoms with Crippen molar-refractivity contribution in [2.75, 3.05) is 0 Å². The molecule has 1 aromatic carbocycles. The van der Waals surface area contributed by atoms with E-state index in [2.05, 4.69) is 6.08 Å². The fourth-order valence-corrected chi connectivity index (χ4v) is 2.69. The van der Waals surface area contributed by atoms with Crippen LogP contribution in [0, 0.1) is 5.82 Å². The van der Waals surface area contributed by atoms with E-state index in [1.54, 1.807) is 12.1 Å². The Hall–Kier alpha value is -1.35. The van der Waals surface area contributed by atoms with Gasteiger partial charge in [0.2, 0.25) is 0 Å². The van der Waals surface area contributed by atoms with Crippen molar-refractivity contribution in [2.24, 2.45) is 5.73 Å². The van der Waals surface area contributed by atoms with Crippen molar-refractivity contribution >= 4 is 0 Å². The predicted molar refractivity (Wildman–Crippen MR) is 64.4 cm³/mol. The SMILES string of the molecule is NC1C=C(CC2Cc3cc(F)ccc3O2)CC1. The second-order valence-electron chi connectivity index (χ2n) is 4.93. The number of hydrogen-bond donors (Lipinski definition) is 1. The smallest absolute Gasteiger partial charge is 0.123 e. The highest BCUT2D eigenvalue weighted by atomic mass is 19.1. The first-order chi connectivity index (χ1) is 8.20. The van der Waals surface area contributed by atoms with Gasteiger partial charge in [-0.2, -0.15) is 0 Å². The Morgan fingerprint density at radius 1 is 1.41 bits per heavy atom. The number of halogens is 1. The largest absolute Gasteiger partial charge is 0.489 e. The van der Waals surface area contributed by atoms with Gasteiger partial charge in [-0.15, -0.1) is 0 Å². The molecule has 0 aromatic heterocycles. The van der Waals surface area contributed by atoms with E-state index >= 15 is 0 Å². The first-order valence-corrected chi connectivity index (χ1v) is 6.11. The molecule has 3 rings (SSSR count). The topological polar surface area (TPSA) is 35.2 Å². The van der Waals surface area contributed by atoms with Gasteiger partial charge in [0.25, 0.3) is 0 Å². The lowest BCUT2D eigenvalue weighted by atomic mass is 10.0. The van der Waals surface area contributed by atoms with Crippen molar-refractivity contribution in [3.05, 3.63) is 41.2 Å². The molecule has 90 valence electrons. The van der Waals surface area contributed by atoms with Gasteiger partial charge in [-0.1, -0.05) is 11.6 Å². The molecule has 1 aliphatic heterocycles. The van der Waals surface area contributed by atoms with Crippen LogP contribution in [0.4, 0.5) is 4.39 Å². The van der Waals surface area contributed by atoms with Crippen LogP contribution >= 0.6 is 0 Å². The third-order valence-electron chi connectivity index (χ3n) is 3.50. The fraction of sp³-hybridized carbons (Fsp3) is 0.429. The maximum Gasteiger partial charge on any atom is 0.123 e. The Morgan fingerprint density at radius 2 is 2.29 bits per heavy atom. The Morgan fingerprint density at radius 3 is 3.06 bits per heavy atom. The molecule has 2 unspecified atom stereocenters. The number of benzene rings is 1. The van der Waals surface area contributed by atoms with Crippen molar-refractivity contribution in [3.63, 3.8) is 0 Å². The lowest BCUT2D eigenvalue weighted by Gasteiger charge is -2.10. The molecule has 0 saturated heterocycles. The summed E-state index contributed by atoms with van der Waals surface area (Å²) in [6.07, 6.45) is 6.15. The van der Waals surface area contributed by atoms with Crippen molar-refractivity contribution in [1.29, 1.82) is 0 Å². The highest BCUT2D eigenvalue weighted by molar-refractivity contribution is 5.38. The number of hydrogen-bond acceptors (Lipinski definition) is 2. The van der Waals surface area contributed by atoms with E-state index in [1.165, 1.54) is 11.6 Å². The zero-order chi connectivity index (χ0) is 11.8. The molecule has 0 saturated carbocycles. The summed E-state index contributed by atoms with van der Waals surface area (Å²) in [5, 5.41) is 0. The molecule has 1 heterocycles. The van der Waals surface area contributed by atoms with Crippen LogP contribution in [-0.2, 0) is 6.42 Å². The molecule has 2 atom stereocenters. The second kappa shape index (κ2) is 4.15. The van der Waals surface area contributed by atoms with Crippen LogP contribution in [0.15, 0.2) is 29.8 Å². The lowest BCUT2D eigenvalue weighted by molar-refractivity contribution is 0.232. The molecule has 0 spiro atoms. The van der Waals surface area contributed by atoms with E-state index in [9.17, 15) is 4.39 Å². The van der Waals surface area contributed by atoms with Gasteiger partial charge in [-0.25, -0.2) is 4.39 Å². The monoisotopic (exact) mass is 233 g/mol. The second-order valence-corrected chi connectivity index (χ2v) is 4.93. The summed E-state index contributed by atoms with van der Waals surface area (Å²) in [6, 6.07) is 4.96. The third kappa shape index (κ3) is 2.20. The minimum absolute atomic E-state index is 0.156. The molecular formula is C14H16FNO. The van der Waals surface area contributed by atoms with Crippen molar-refractivity contribution in [1.82, 2.24) is 0 Å². The third-order valence-corrected chi connectivity index (χ3v) is 3.50. The van der Waals surface area contributed by atoms with Crippen LogP contribution in [0.2, 0.25) is 0 Å². The zero-order valence-electron chi connectivity index (χ0n) is 9.66. The van der Waals surface area contributed by atoms with E-state index in [4.69, 9.17) is 10.5 Å². The van der Waals surface area contributed by atoms with Crippen molar-refractivity contribution < 1.29 is 9.13 Å². The number of fused-ring (bicyclic) bond motifs is 1. The van der Waals surface area contributed by atoms with Gasteiger partial charge < -0.3 is 10.5 Å². The van der Waals surface area contributed by atoms with Crippen LogP contribution in [0.3, 0.4) is 0 Å². The van der Waals surface area contributed by atoms with Crippen LogP contribution in [0.25, 0.3) is 0 Å². The van der Waals surface area contributed by atoms with Crippen LogP contribution in [0.5, 0.6) is 5.75 Å². The van der Waals surface area contributed by atoms with Crippen LogP contribution in [0.1, 0.15) is 24.8 Å². The van der Waals surface area contributed by atoms with Gasteiger partial charge in [0.15, 0.2) is 0 Å². The maximum atomic E-state index is 13.1. The van der Waals surface area contributed by atoms with E-state index in [-0.39, 0.29) is 18.0 Å².